The Balaban J connectivity index is 0.00000243. The van der Waals surface area contributed by atoms with Crippen molar-refractivity contribution < 1.29 is 4.79 Å². The van der Waals surface area contributed by atoms with Gasteiger partial charge in [0.05, 0.1) is 6.54 Å². The van der Waals surface area contributed by atoms with Crippen LogP contribution in [0.15, 0.2) is 84.9 Å². The van der Waals surface area contributed by atoms with Gasteiger partial charge < -0.3 is 5.32 Å². The summed E-state index contributed by atoms with van der Waals surface area (Å²) in [5.74, 6) is -0.0237. The van der Waals surface area contributed by atoms with Crippen molar-refractivity contribution in [3.05, 3.63) is 95.5 Å². The molecule has 0 heterocycles. The lowest BCUT2D eigenvalue weighted by Crippen LogP contribution is -2.35. The maximum atomic E-state index is 12.8. The fourth-order valence-corrected chi connectivity index (χ4v) is 2.82. The summed E-state index contributed by atoms with van der Waals surface area (Å²) >= 11 is 6.16. The average Bonchev–Trinajstić information content (AvgIpc) is 2.65. The summed E-state index contributed by atoms with van der Waals surface area (Å²) in [7, 11) is 0. The fraction of sp³-hybridized carbons (Fsp3) is 0.0952. The van der Waals surface area contributed by atoms with E-state index in [1.807, 2.05) is 84.9 Å². The number of carbonyl (C=O) groups is 1. The maximum absolute atomic E-state index is 12.8. The molecule has 5 heteroatoms. The van der Waals surface area contributed by atoms with Gasteiger partial charge in [0.2, 0.25) is 5.91 Å². The Labute approximate surface area is 165 Å². The van der Waals surface area contributed by atoms with Gasteiger partial charge >= 0.3 is 0 Å². The normalized spacial score (nSPS) is 10.0. The summed E-state index contributed by atoms with van der Waals surface area (Å²) < 4.78 is 0. The van der Waals surface area contributed by atoms with E-state index < -0.39 is 0 Å². The van der Waals surface area contributed by atoms with E-state index in [1.165, 1.54) is 0 Å². The van der Waals surface area contributed by atoms with Crippen molar-refractivity contribution in [3.8, 4) is 0 Å². The summed E-state index contributed by atoms with van der Waals surface area (Å²) in [6.07, 6.45) is 0. The summed E-state index contributed by atoms with van der Waals surface area (Å²) in [5.41, 5.74) is 2.67. The van der Waals surface area contributed by atoms with E-state index in [9.17, 15) is 4.79 Å². The summed E-state index contributed by atoms with van der Waals surface area (Å²) in [4.78, 5) is 14.6. The second-order valence-electron chi connectivity index (χ2n) is 5.60. The number of carbonyl (C=O) groups excluding carboxylic acids is 1. The lowest BCUT2D eigenvalue weighted by atomic mass is 10.2. The highest BCUT2D eigenvalue weighted by atomic mass is 35.5. The molecule has 0 radical (unpaired) electrons. The third-order valence-electron chi connectivity index (χ3n) is 3.83. The third kappa shape index (κ3) is 5.09. The molecule has 134 valence electrons. The summed E-state index contributed by atoms with van der Waals surface area (Å²) in [6, 6.07) is 26.9. The van der Waals surface area contributed by atoms with Crippen molar-refractivity contribution >= 4 is 41.3 Å². The first-order valence-electron chi connectivity index (χ1n) is 8.13. The van der Waals surface area contributed by atoms with E-state index in [1.54, 1.807) is 4.90 Å². The SMILES string of the molecule is Cl.O=C(CNCc1ccccc1Cl)N(c1ccccc1)c1ccccc1. The number of amides is 1. The van der Waals surface area contributed by atoms with Gasteiger partial charge in [-0.2, -0.15) is 0 Å². The molecule has 0 saturated heterocycles. The number of halogens is 2. The van der Waals surface area contributed by atoms with Crippen LogP contribution in [0.3, 0.4) is 0 Å². The van der Waals surface area contributed by atoms with E-state index >= 15 is 0 Å². The molecule has 0 atom stereocenters. The van der Waals surface area contributed by atoms with E-state index in [-0.39, 0.29) is 24.9 Å². The molecule has 0 fully saturated rings. The van der Waals surface area contributed by atoms with E-state index in [4.69, 9.17) is 11.6 Å². The second-order valence-corrected chi connectivity index (χ2v) is 6.00. The predicted octanol–water partition coefficient (Wildman–Crippen LogP) is 5.22. The monoisotopic (exact) mass is 386 g/mol. The highest BCUT2D eigenvalue weighted by Gasteiger charge is 2.17. The molecule has 0 aliphatic carbocycles. The van der Waals surface area contributed by atoms with Crippen molar-refractivity contribution in [1.29, 1.82) is 0 Å². The first kappa shape index (κ1) is 20.0. The topological polar surface area (TPSA) is 32.3 Å². The molecule has 1 amide bonds. The molecule has 1 N–H and O–H groups in total. The fourth-order valence-electron chi connectivity index (χ4n) is 2.62. The van der Waals surface area contributed by atoms with Crippen LogP contribution in [0.5, 0.6) is 0 Å². The highest BCUT2D eigenvalue weighted by molar-refractivity contribution is 6.31. The Kier molecular flexibility index (Phi) is 7.67. The van der Waals surface area contributed by atoms with Gasteiger partial charge in [0.15, 0.2) is 0 Å². The molecule has 3 aromatic carbocycles. The molecular weight excluding hydrogens is 367 g/mol. The van der Waals surface area contributed by atoms with Crippen LogP contribution in [0.1, 0.15) is 5.56 Å². The van der Waals surface area contributed by atoms with Gasteiger partial charge in [-0.3, -0.25) is 9.69 Å². The van der Waals surface area contributed by atoms with Crippen LogP contribution in [0.25, 0.3) is 0 Å². The smallest absolute Gasteiger partial charge is 0.245 e. The van der Waals surface area contributed by atoms with Gasteiger partial charge in [0, 0.05) is 22.9 Å². The van der Waals surface area contributed by atoms with Gasteiger partial charge in [-0.25, -0.2) is 0 Å². The second kappa shape index (κ2) is 9.97. The number of benzene rings is 3. The molecule has 0 aliphatic rings. The van der Waals surface area contributed by atoms with Gasteiger partial charge in [-0.05, 0) is 35.9 Å². The lowest BCUT2D eigenvalue weighted by Gasteiger charge is -2.23. The standard InChI is InChI=1S/C21H19ClN2O.ClH/c22-20-14-8-7-9-17(20)15-23-16-21(25)24(18-10-3-1-4-11-18)19-12-5-2-6-13-19;/h1-14,23H,15-16H2;1H. The van der Waals surface area contributed by atoms with Crippen LogP contribution in [0.2, 0.25) is 5.02 Å². The molecule has 3 rings (SSSR count). The van der Waals surface area contributed by atoms with Crippen molar-refractivity contribution in [3.63, 3.8) is 0 Å². The summed E-state index contributed by atoms with van der Waals surface area (Å²) in [6.45, 7) is 0.762. The van der Waals surface area contributed by atoms with Crippen molar-refractivity contribution in [2.45, 2.75) is 6.54 Å². The number of nitrogens with one attached hydrogen (secondary N) is 1. The molecule has 0 aliphatic heterocycles. The van der Waals surface area contributed by atoms with Crippen LogP contribution < -0.4 is 10.2 Å². The number of anilines is 2. The molecule has 0 saturated carbocycles. The van der Waals surface area contributed by atoms with Crippen LogP contribution in [0.4, 0.5) is 11.4 Å². The molecule has 26 heavy (non-hydrogen) atoms. The molecular formula is C21H20Cl2N2O. The number of hydrogen-bond acceptors (Lipinski definition) is 2. The van der Waals surface area contributed by atoms with Gasteiger partial charge in [-0.1, -0.05) is 66.2 Å². The van der Waals surface area contributed by atoms with Crippen molar-refractivity contribution in [2.24, 2.45) is 0 Å². The third-order valence-corrected chi connectivity index (χ3v) is 4.20. The largest absolute Gasteiger partial charge is 0.304 e. The van der Waals surface area contributed by atoms with Crippen LogP contribution in [-0.2, 0) is 11.3 Å². The number of rotatable bonds is 6. The zero-order valence-corrected chi connectivity index (χ0v) is 15.7. The first-order valence-corrected chi connectivity index (χ1v) is 8.50. The van der Waals surface area contributed by atoms with Crippen LogP contribution in [-0.4, -0.2) is 12.5 Å². The van der Waals surface area contributed by atoms with Gasteiger partial charge in [0.25, 0.3) is 0 Å². The Morgan fingerprint density at radius 1 is 0.808 bits per heavy atom. The maximum Gasteiger partial charge on any atom is 0.245 e. The average molecular weight is 387 g/mol. The predicted molar refractivity (Wildman–Crippen MR) is 110 cm³/mol. The molecule has 0 bridgehead atoms. The first-order chi connectivity index (χ1) is 12.3. The molecule has 0 spiro atoms. The number of nitrogens with zero attached hydrogens (tertiary/aromatic N) is 1. The van der Waals surface area contributed by atoms with Crippen LogP contribution >= 0.6 is 24.0 Å². The lowest BCUT2D eigenvalue weighted by molar-refractivity contribution is -0.117. The minimum Gasteiger partial charge on any atom is -0.304 e. The van der Waals surface area contributed by atoms with Gasteiger partial charge in [-0.15, -0.1) is 12.4 Å². The quantitative estimate of drug-likeness (QED) is 0.629. The van der Waals surface area contributed by atoms with Crippen molar-refractivity contribution in [2.75, 3.05) is 11.4 Å². The Hall–Kier alpha value is -2.33. The van der Waals surface area contributed by atoms with E-state index in [2.05, 4.69) is 5.32 Å². The van der Waals surface area contributed by atoms with E-state index in [0.717, 1.165) is 16.9 Å². The van der Waals surface area contributed by atoms with Crippen molar-refractivity contribution in [1.82, 2.24) is 5.32 Å². The Morgan fingerprint density at radius 3 is 1.85 bits per heavy atom. The molecule has 0 unspecified atom stereocenters. The van der Waals surface area contributed by atoms with Gasteiger partial charge in [0.1, 0.15) is 0 Å². The Morgan fingerprint density at radius 2 is 1.31 bits per heavy atom. The summed E-state index contributed by atoms with van der Waals surface area (Å²) in [5, 5.41) is 3.89. The van der Waals surface area contributed by atoms with E-state index in [0.29, 0.717) is 11.6 Å². The molecule has 3 nitrogen and oxygen atoms in total. The molecule has 3 aromatic rings. The number of para-hydroxylation sites is 2. The minimum absolute atomic E-state index is 0. The zero-order valence-electron chi connectivity index (χ0n) is 14.1. The molecule has 0 aromatic heterocycles. The number of hydrogen-bond donors (Lipinski definition) is 1. The highest BCUT2D eigenvalue weighted by Crippen LogP contribution is 2.24. The minimum atomic E-state index is -0.0237. The van der Waals surface area contributed by atoms with Crippen LogP contribution in [0, 0.1) is 0 Å². The zero-order chi connectivity index (χ0) is 17.5. The Bertz CT molecular complexity index is 786.